The van der Waals surface area contributed by atoms with Gasteiger partial charge in [0.1, 0.15) is 11.1 Å². The molecule has 0 heterocycles. The maximum absolute atomic E-state index is 12.7. The van der Waals surface area contributed by atoms with Crippen LogP contribution in [0.5, 0.6) is 0 Å². The first kappa shape index (κ1) is 12.9. The Hall–Kier alpha value is -1.56. The molecule has 1 aromatic rings. The van der Waals surface area contributed by atoms with Gasteiger partial charge in [0.05, 0.1) is 4.90 Å². The Morgan fingerprint density at radius 2 is 1.72 bits per heavy atom. The second-order valence-corrected chi connectivity index (χ2v) is 6.30. The molecule has 0 saturated heterocycles. The maximum Gasteiger partial charge on any atom is 0.216 e. The lowest BCUT2D eigenvalue weighted by Gasteiger charge is -2.19. The lowest BCUT2D eigenvalue weighted by Crippen LogP contribution is -2.38. The van der Waals surface area contributed by atoms with Gasteiger partial charge in [0.15, 0.2) is 15.6 Å². The van der Waals surface area contributed by atoms with Gasteiger partial charge >= 0.3 is 0 Å². The van der Waals surface area contributed by atoms with E-state index in [9.17, 15) is 22.4 Å². The monoisotopic (exact) mass is 270 g/mol. The van der Waals surface area contributed by atoms with Crippen molar-refractivity contribution in [1.29, 1.82) is 0 Å². The van der Waals surface area contributed by atoms with Crippen LogP contribution < -0.4 is 0 Å². The first-order chi connectivity index (χ1) is 8.43. The fourth-order valence-corrected chi connectivity index (χ4v) is 3.70. The van der Waals surface area contributed by atoms with Crippen molar-refractivity contribution < 1.29 is 22.4 Å². The molecule has 0 aromatic heterocycles. The molecule has 1 fully saturated rings. The van der Waals surface area contributed by atoms with E-state index in [0.29, 0.717) is 6.42 Å². The Kier molecular flexibility index (Phi) is 3.30. The van der Waals surface area contributed by atoms with Crippen molar-refractivity contribution in [2.45, 2.75) is 29.4 Å². The minimum atomic E-state index is -3.90. The van der Waals surface area contributed by atoms with E-state index in [2.05, 4.69) is 0 Å². The van der Waals surface area contributed by atoms with Gasteiger partial charge in [0, 0.05) is 6.42 Å². The van der Waals surface area contributed by atoms with Crippen LogP contribution in [0.25, 0.3) is 0 Å². The van der Waals surface area contributed by atoms with Crippen LogP contribution in [-0.4, -0.2) is 25.2 Å². The number of Topliss-reactive ketones (excluding diaryl/α,β-unsaturated/α-hetero) is 2. The molecule has 1 aliphatic carbocycles. The number of rotatable bonds is 2. The molecule has 0 bridgehead atoms. The van der Waals surface area contributed by atoms with E-state index in [4.69, 9.17) is 0 Å². The predicted octanol–water partition coefficient (Wildman–Crippen LogP) is 1.29. The molecular weight excluding hydrogens is 259 g/mol. The van der Waals surface area contributed by atoms with Crippen molar-refractivity contribution in [1.82, 2.24) is 0 Å². The molecule has 2 rings (SSSR count). The van der Waals surface area contributed by atoms with Gasteiger partial charge in [0.2, 0.25) is 5.78 Å². The van der Waals surface area contributed by atoms with Gasteiger partial charge < -0.3 is 0 Å². The van der Waals surface area contributed by atoms with E-state index in [1.165, 1.54) is 0 Å². The van der Waals surface area contributed by atoms with E-state index in [-0.39, 0.29) is 17.7 Å². The van der Waals surface area contributed by atoms with Crippen molar-refractivity contribution >= 4 is 21.4 Å². The zero-order chi connectivity index (χ0) is 13.3. The number of hydrogen-bond acceptors (Lipinski definition) is 4. The average molecular weight is 270 g/mol. The Bertz CT molecular complexity index is 589. The summed E-state index contributed by atoms with van der Waals surface area (Å²) in [6.45, 7) is 0. The molecule has 1 saturated carbocycles. The van der Waals surface area contributed by atoms with Crippen molar-refractivity contribution in [3.8, 4) is 0 Å². The van der Waals surface area contributed by atoms with Crippen LogP contribution in [0.3, 0.4) is 0 Å². The van der Waals surface area contributed by atoms with Crippen molar-refractivity contribution in [3.05, 3.63) is 30.1 Å². The number of carbonyl (C=O) groups is 2. The van der Waals surface area contributed by atoms with Crippen LogP contribution in [0, 0.1) is 5.82 Å². The highest BCUT2D eigenvalue weighted by Gasteiger charge is 2.39. The summed E-state index contributed by atoms with van der Waals surface area (Å²) < 4.78 is 37.1. The molecule has 4 nitrogen and oxygen atoms in total. The Morgan fingerprint density at radius 3 is 2.33 bits per heavy atom. The summed E-state index contributed by atoms with van der Waals surface area (Å²) in [5, 5.41) is -1.32. The minimum Gasteiger partial charge on any atom is -0.291 e. The Balaban J connectivity index is 2.39. The van der Waals surface area contributed by atoms with E-state index >= 15 is 0 Å². The molecule has 0 spiro atoms. The summed E-state index contributed by atoms with van der Waals surface area (Å²) in [5.74, 6) is -2.05. The second-order valence-electron chi connectivity index (χ2n) is 4.17. The third-order valence-electron chi connectivity index (χ3n) is 2.95. The van der Waals surface area contributed by atoms with Gasteiger partial charge in [-0.3, -0.25) is 9.59 Å². The van der Waals surface area contributed by atoms with Gasteiger partial charge in [-0.25, -0.2) is 12.8 Å². The highest BCUT2D eigenvalue weighted by molar-refractivity contribution is 7.93. The lowest BCUT2D eigenvalue weighted by molar-refractivity contribution is -0.137. The summed E-state index contributed by atoms with van der Waals surface area (Å²) >= 11 is 0. The molecule has 1 unspecified atom stereocenters. The molecule has 96 valence electrons. The van der Waals surface area contributed by atoms with E-state index in [0.717, 1.165) is 24.3 Å². The summed E-state index contributed by atoms with van der Waals surface area (Å²) in [4.78, 5) is 22.7. The van der Waals surface area contributed by atoms with E-state index in [1.807, 2.05) is 0 Å². The first-order valence-corrected chi connectivity index (χ1v) is 7.04. The average Bonchev–Trinajstić information content (AvgIpc) is 2.33. The normalized spacial score (nSPS) is 21.1. The molecular formula is C12H11FO4S. The molecule has 18 heavy (non-hydrogen) atoms. The van der Waals surface area contributed by atoms with E-state index in [1.54, 1.807) is 0 Å². The highest BCUT2D eigenvalue weighted by atomic mass is 32.2. The summed E-state index contributed by atoms with van der Waals surface area (Å²) in [6.07, 6.45) is 0.633. The van der Waals surface area contributed by atoms with E-state index < -0.39 is 32.5 Å². The number of halogens is 1. The Labute approximate surface area is 104 Å². The topological polar surface area (TPSA) is 68.3 Å². The second kappa shape index (κ2) is 4.61. The fraction of sp³-hybridized carbons (Fsp3) is 0.333. The van der Waals surface area contributed by atoms with Crippen LogP contribution in [0.1, 0.15) is 19.3 Å². The smallest absolute Gasteiger partial charge is 0.216 e. The number of benzene rings is 1. The third kappa shape index (κ3) is 2.20. The van der Waals surface area contributed by atoms with Crippen LogP contribution in [0.2, 0.25) is 0 Å². The first-order valence-electron chi connectivity index (χ1n) is 5.49. The Morgan fingerprint density at radius 1 is 1.11 bits per heavy atom. The van der Waals surface area contributed by atoms with Crippen molar-refractivity contribution in [2.75, 3.05) is 0 Å². The van der Waals surface area contributed by atoms with Crippen LogP contribution in [-0.2, 0) is 19.4 Å². The zero-order valence-electron chi connectivity index (χ0n) is 9.43. The summed E-state index contributed by atoms with van der Waals surface area (Å²) in [6, 6.07) is 4.25. The maximum atomic E-state index is 12.7. The SMILES string of the molecule is O=C1CCCC(S(=O)(=O)c2ccc(F)cc2)C1=O. The largest absolute Gasteiger partial charge is 0.291 e. The quantitative estimate of drug-likeness (QED) is 0.600. The standard InChI is InChI=1S/C12H11FO4S/c13-8-4-6-9(7-5-8)18(16,17)11-3-1-2-10(14)12(11)15/h4-7,11H,1-3H2. The number of sulfone groups is 1. The molecule has 0 aliphatic heterocycles. The summed E-state index contributed by atoms with van der Waals surface area (Å²) in [7, 11) is -3.90. The number of ketones is 2. The number of hydrogen-bond donors (Lipinski definition) is 0. The van der Waals surface area contributed by atoms with Gasteiger partial charge in [-0.05, 0) is 37.1 Å². The molecule has 6 heteroatoms. The highest BCUT2D eigenvalue weighted by Crippen LogP contribution is 2.25. The molecule has 0 amide bonds. The van der Waals surface area contributed by atoms with Gasteiger partial charge in [-0.1, -0.05) is 0 Å². The zero-order valence-corrected chi connectivity index (χ0v) is 10.2. The predicted molar refractivity (Wildman–Crippen MR) is 61.2 cm³/mol. The fourth-order valence-electron chi connectivity index (χ4n) is 1.97. The lowest BCUT2D eigenvalue weighted by atomic mass is 9.98. The molecule has 0 N–H and O–H groups in total. The van der Waals surface area contributed by atoms with Crippen LogP contribution >= 0.6 is 0 Å². The van der Waals surface area contributed by atoms with Crippen LogP contribution in [0.4, 0.5) is 4.39 Å². The minimum absolute atomic E-state index is 0.105. The molecule has 1 aromatic carbocycles. The molecule has 0 radical (unpaired) electrons. The van der Waals surface area contributed by atoms with Crippen molar-refractivity contribution in [2.24, 2.45) is 0 Å². The van der Waals surface area contributed by atoms with Gasteiger partial charge in [0.25, 0.3) is 0 Å². The third-order valence-corrected chi connectivity index (χ3v) is 5.08. The molecule has 1 atom stereocenters. The summed E-state index contributed by atoms with van der Waals surface area (Å²) in [5.41, 5.74) is 0. The van der Waals surface area contributed by atoms with Crippen molar-refractivity contribution in [3.63, 3.8) is 0 Å². The van der Waals surface area contributed by atoms with Gasteiger partial charge in [-0.15, -0.1) is 0 Å². The van der Waals surface area contributed by atoms with Gasteiger partial charge in [-0.2, -0.15) is 0 Å². The number of carbonyl (C=O) groups excluding carboxylic acids is 2. The van der Waals surface area contributed by atoms with Crippen LogP contribution in [0.15, 0.2) is 29.2 Å². The molecule has 1 aliphatic rings.